The summed E-state index contributed by atoms with van der Waals surface area (Å²) in [4.78, 5) is 16.8. The van der Waals surface area contributed by atoms with Crippen molar-refractivity contribution < 1.29 is 14.6 Å². The minimum Gasteiger partial charge on any atom is -0.507 e. The van der Waals surface area contributed by atoms with E-state index >= 15 is 0 Å². The first kappa shape index (κ1) is 16.2. The number of carbonyl (C=O) groups excluding carboxylic acids is 1. The molecule has 2 aliphatic rings. The molecule has 2 aromatic rings. The lowest BCUT2D eigenvalue weighted by atomic mass is 10.1. The Labute approximate surface area is 151 Å². The van der Waals surface area contributed by atoms with Crippen LogP contribution in [0.2, 0.25) is 5.02 Å². The van der Waals surface area contributed by atoms with Crippen LogP contribution in [0.3, 0.4) is 0 Å². The number of fused-ring (bicyclic) bond motifs is 2. The summed E-state index contributed by atoms with van der Waals surface area (Å²) < 4.78 is 5.11. The van der Waals surface area contributed by atoms with Crippen LogP contribution >= 0.6 is 11.6 Å². The highest BCUT2D eigenvalue weighted by Gasteiger charge is 2.50. The van der Waals surface area contributed by atoms with Gasteiger partial charge in [-0.05, 0) is 24.6 Å². The maximum atomic E-state index is 12.8. The first-order valence-corrected chi connectivity index (χ1v) is 8.64. The summed E-state index contributed by atoms with van der Waals surface area (Å²) >= 11 is 6.27. The maximum absolute atomic E-state index is 12.8. The predicted molar refractivity (Wildman–Crippen MR) is 96.2 cm³/mol. The second kappa shape index (κ2) is 6.24. The highest BCUT2D eigenvalue weighted by atomic mass is 35.5. The summed E-state index contributed by atoms with van der Waals surface area (Å²) in [6.07, 6.45) is 0.793. The molecule has 130 valence electrons. The van der Waals surface area contributed by atoms with Gasteiger partial charge < -0.3 is 14.7 Å². The van der Waals surface area contributed by atoms with Crippen molar-refractivity contribution in [1.29, 1.82) is 0 Å². The molecule has 4 rings (SSSR count). The second-order valence-electron chi connectivity index (χ2n) is 6.49. The molecule has 1 amide bonds. The van der Waals surface area contributed by atoms with Crippen LogP contribution in [0.1, 0.15) is 12.0 Å². The number of amides is 1. The van der Waals surface area contributed by atoms with Gasteiger partial charge in [0, 0.05) is 24.7 Å². The summed E-state index contributed by atoms with van der Waals surface area (Å²) in [5.41, 5.74) is 1.58. The molecule has 0 spiro atoms. The Morgan fingerprint density at radius 1 is 1.28 bits per heavy atom. The number of hydrogen-bond acceptors (Lipinski definition) is 4. The Morgan fingerprint density at radius 2 is 2.08 bits per heavy atom. The molecule has 0 radical (unpaired) electrons. The number of benzene rings is 2. The number of likely N-dealkylation sites (tertiary alicyclic amines) is 1. The van der Waals surface area contributed by atoms with E-state index in [0.29, 0.717) is 17.3 Å². The van der Waals surface area contributed by atoms with Crippen molar-refractivity contribution in [2.24, 2.45) is 0 Å². The number of halogens is 1. The monoisotopic (exact) mass is 358 g/mol. The third kappa shape index (κ3) is 2.73. The molecule has 1 N–H and O–H groups in total. The van der Waals surface area contributed by atoms with E-state index in [2.05, 4.69) is 4.90 Å². The number of phenols is 1. The first-order valence-electron chi connectivity index (χ1n) is 8.26. The second-order valence-corrected chi connectivity index (χ2v) is 6.90. The number of hydrogen-bond donors (Lipinski definition) is 1. The smallest absolute Gasteiger partial charge is 0.244 e. The maximum Gasteiger partial charge on any atom is 0.244 e. The van der Waals surface area contributed by atoms with Crippen LogP contribution < -0.4 is 9.64 Å². The third-order valence-corrected chi connectivity index (χ3v) is 5.37. The molecule has 0 aliphatic carbocycles. The van der Waals surface area contributed by atoms with Crippen LogP contribution in [-0.2, 0) is 11.3 Å². The SMILES string of the molecule is COc1ccc(CN2C[C@@H]3C[C@H]2C(=O)N3c2ccccc2Cl)c(O)c1. The van der Waals surface area contributed by atoms with Gasteiger partial charge in [-0.15, -0.1) is 0 Å². The van der Waals surface area contributed by atoms with Gasteiger partial charge in [0.2, 0.25) is 5.91 Å². The zero-order chi connectivity index (χ0) is 17.6. The molecule has 0 unspecified atom stereocenters. The van der Waals surface area contributed by atoms with Crippen LogP contribution in [-0.4, -0.2) is 41.7 Å². The van der Waals surface area contributed by atoms with E-state index < -0.39 is 0 Å². The summed E-state index contributed by atoms with van der Waals surface area (Å²) in [5, 5.41) is 10.8. The molecule has 0 saturated carbocycles. The standard InChI is InChI=1S/C19H19ClN2O3/c1-25-14-7-6-12(18(23)9-14)10-21-11-13-8-17(21)19(24)22(13)16-5-3-2-4-15(16)20/h2-7,9,13,17,23H,8,10-11H2,1H3/t13-,17-/m0/s1. The fourth-order valence-electron chi connectivity index (χ4n) is 3.82. The van der Waals surface area contributed by atoms with E-state index in [1.165, 1.54) is 0 Å². The van der Waals surface area contributed by atoms with Gasteiger partial charge in [-0.25, -0.2) is 0 Å². The number of phenolic OH excluding ortho intramolecular Hbond substituents is 1. The molecule has 25 heavy (non-hydrogen) atoms. The largest absolute Gasteiger partial charge is 0.507 e. The van der Waals surface area contributed by atoms with Gasteiger partial charge in [0.05, 0.1) is 29.9 Å². The van der Waals surface area contributed by atoms with Gasteiger partial charge in [-0.2, -0.15) is 0 Å². The van der Waals surface area contributed by atoms with Crippen LogP contribution in [0.15, 0.2) is 42.5 Å². The summed E-state index contributed by atoms with van der Waals surface area (Å²) in [7, 11) is 1.57. The molecule has 2 heterocycles. The van der Waals surface area contributed by atoms with Crippen molar-refractivity contribution in [1.82, 2.24) is 4.90 Å². The number of para-hydroxylation sites is 1. The fraction of sp³-hybridized carbons (Fsp3) is 0.316. The van der Waals surface area contributed by atoms with Crippen molar-refractivity contribution in [2.75, 3.05) is 18.6 Å². The lowest BCUT2D eigenvalue weighted by molar-refractivity contribution is -0.122. The summed E-state index contributed by atoms with van der Waals surface area (Å²) in [6.45, 7) is 1.31. The van der Waals surface area contributed by atoms with Crippen LogP contribution in [0.25, 0.3) is 0 Å². The Morgan fingerprint density at radius 3 is 2.76 bits per heavy atom. The molecule has 0 aromatic heterocycles. The fourth-order valence-corrected chi connectivity index (χ4v) is 4.05. The Hall–Kier alpha value is -2.24. The van der Waals surface area contributed by atoms with Crippen LogP contribution in [0.4, 0.5) is 5.69 Å². The number of ether oxygens (including phenoxy) is 1. The number of nitrogens with zero attached hydrogens (tertiary/aromatic N) is 2. The normalized spacial score (nSPS) is 22.6. The Balaban J connectivity index is 1.52. The van der Waals surface area contributed by atoms with Crippen molar-refractivity contribution in [3.05, 3.63) is 53.1 Å². The van der Waals surface area contributed by atoms with Crippen molar-refractivity contribution in [3.8, 4) is 11.5 Å². The number of methoxy groups -OCH3 is 1. The molecule has 2 aliphatic heterocycles. The molecule has 2 aromatic carbocycles. The average molecular weight is 359 g/mol. The number of rotatable bonds is 4. The van der Waals surface area contributed by atoms with Gasteiger partial charge >= 0.3 is 0 Å². The van der Waals surface area contributed by atoms with Gasteiger partial charge in [0.15, 0.2) is 0 Å². The topological polar surface area (TPSA) is 53.0 Å². The summed E-state index contributed by atoms with van der Waals surface area (Å²) in [6, 6.07) is 12.7. The number of piperazine rings is 1. The average Bonchev–Trinajstić information content (AvgIpc) is 3.15. The zero-order valence-corrected chi connectivity index (χ0v) is 14.6. The number of anilines is 1. The molecule has 2 fully saturated rings. The highest BCUT2D eigenvalue weighted by Crippen LogP contribution is 2.39. The third-order valence-electron chi connectivity index (χ3n) is 5.05. The van der Waals surface area contributed by atoms with Crippen molar-refractivity contribution in [2.45, 2.75) is 25.0 Å². The van der Waals surface area contributed by atoms with Crippen LogP contribution in [0.5, 0.6) is 11.5 Å². The van der Waals surface area contributed by atoms with E-state index in [4.69, 9.17) is 16.3 Å². The quantitative estimate of drug-likeness (QED) is 0.912. The first-order chi connectivity index (χ1) is 12.1. The molecule has 2 saturated heterocycles. The van der Waals surface area contributed by atoms with Crippen molar-refractivity contribution >= 4 is 23.2 Å². The van der Waals surface area contributed by atoms with Crippen LogP contribution in [0, 0.1) is 0 Å². The lowest BCUT2D eigenvalue weighted by Crippen LogP contribution is -2.50. The minimum atomic E-state index is -0.164. The predicted octanol–water partition coefficient (Wildman–Crippen LogP) is 3.04. The van der Waals surface area contributed by atoms with E-state index in [9.17, 15) is 9.90 Å². The van der Waals surface area contributed by atoms with E-state index in [1.807, 2.05) is 41.3 Å². The Kier molecular flexibility index (Phi) is 4.06. The zero-order valence-electron chi connectivity index (χ0n) is 13.9. The lowest BCUT2D eigenvalue weighted by Gasteiger charge is -2.34. The number of aromatic hydroxyl groups is 1. The molecule has 5 nitrogen and oxygen atoms in total. The minimum absolute atomic E-state index is 0.0809. The highest BCUT2D eigenvalue weighted by molar-refractivity contribution is 6.34. The van der Waals surface area contributed by atoms with Gasteiger partial charge in [-0.3, -0.25) is 9.69 Å². The van der Waals surface area contributed by atoms with E-state index in [0.717, 1.165) is 24.2 Å². The van der Waals surface area contributed by atoms with E-state index in [-0.39, 0.29) is 23.7 Å². The van der Waals surface area contributed by atoms with Gasteiger partial charge in [0.25, 0.3) is 0 Å². The molecular formula is C19H19ClN2O3. The number of carbonyl (C=O) groups is 1. The van der Waals surface area contributed by atoms with Gasteiger partial charge in [0.1, 0.15) is 11.5 Å². The summed E-state index contributed by atoms with van der Waals surface area (Å²) in [5.74, 6) is 0.889. The van der Waals surface area contributed by atoms with Gasteiger partial charge in [-0.1, -0.05) is 29.8 Å². The molecular weight excluding hydrogens is 340 g/mol. The van der Waals surface area contributed by atoms with E-state index in [1.54, 1.807) is 13.2 Å². The Bertz CT molecular complexity index is 826. The molecule has 6 heteroatoms. The molecule has 2 atom stereocenters. The van der Waals surface area contributed by atoms with Crippen molar-refractivity contribution in [3.63, 3.8) is 0 Å². The molecule has 2 bridgehead atoms.